The highest BCUT2D eigenvalue weighted by Crippen LogP contribution is 2.30. The predicted octanol–water partition coefficient (Wildman–Crippen LogP) is 2.68. The molecule has 3 rings (SSSR count). The molecule has 1 aromatic carbocycles. The van der Waals surface area contributed by atoms with Gasteiger partial charge in [0.2, 0.25) is 5.91 Å². The van der Waals surface area contributed by atoms with Crippen molar-refractivity contribution in [1.82, 2.24) is 4.90 Å². The molecule has 2 aliphatic rings. The summed E-state index contributed by atoms with van der Waals surface area (Å²) in [5.41, 5.74) is 14.0. The molecule has 0 saturated heterocycles. The number of benzene rings is 1. The first-order chi connectivity index (χ1) is 14.5. The molecule has 1 fully saturated rings. The van der Waals surface area contributed by atoms with Crippen molar-refractivity contribution in [3.05, 3.63) is 34.9 Å². The molecular weight excluding hydrogens is 394 g/mol. The van der Waals surface area contributed by atoms with Crippen LogP contribution in [0.3, 0.4) is 0 Å². The Morgan fingerprint density at radius 2 is 1.94 bits per heavy atom. The maximum absolute atomic E-state index is 13.0. The van der Waals surface area contributed by atoms with Crippen LogP contribution in [0.15, 0.2) is 18.2 Å². The molecule has 1 aliphatic heterocycles. The quantitative estimate of drug-likeness (QED) is 0.647. The van der Waals surface area contributed by atoms with Crippen molar-refractivity contribution in [2.75, 3.05) is 0 Å². The van der Waals surface area contributed by atoms with Crippen molar-refractivity contribution < 1.29 is 19.1 Å². The van der Waals surface area contributed by atoms with E-state index in [1.807, 2.05) is 12.1 Å². The third-order valence-electron chi connectivity index (χ3n) is 6.21. The van der Waals surface area contributed by atoms with Crippen LogP contribution >= 0.6 is 0 Å². The lowest BCUT2D eigenvalue weighted by Crippen LogP contribution is -2.45. The van der Waals surface area contributed by atoms with Gasteiger partial charge in [0.05, 0.1) is 0 Å². The largest absolute Gasteiger partial charge is 0.460 e. The van der Waals surface area contributed by atoms with Crippen LogP contribution in [0.1, 0.15) is 80.8 Å². The second-order valence-electron chi connectivity index (χ2n) is 9.88. The van der Waals surface area contributed by atoms with Crippen LogP contribution in [0, 0.1) is 5.92 Å². The van der Waals surface area contributed by atoms with Gasteiger partial charge in [0.15, 0.2) is 0 Å². The summed E-state index contributed by atoms with van der Waals surface area (Å²) < 4.78 is 5.31. The molecule has 2 amide bonds. The third kappa shape index (κ3) is 5.85. The van der Waals surface area contributed by atoms with Crippen LogP contribution in [0.5, 0.6) is 0 Å². The summed E-state index contributed by atoms with van der Waals surface area (Å²) in [5.74, 6) is -0.775. The molecular formula is C24H35N3O4. The first-order valence-electron chi connectivity index (χ1n) is 11.2. The first-order valence-corrected chi connectivity index (χ1v) is 11.2. The zero-order chi connectivity index (χ0) is 22.8. The Morgan fingerprint density at radius 3 is 2.58 bits per heavy atom. The molecule has 0 unspecified atom stereocenters. The van der Waals surface area contributed by atoms with Gasteiger partial charge < -0.3 is 21.1 Å². The molecule has 0 radical (unpaired) electrons. The number of esters is 1. The molecule has 31 heavy (non-hydrogen) atoms. The predicted molar refractivity (Wildman–Crippen MR) is 118 cm³/mol. The van der Waals surface area contributed by atoms with Crippen LogP contribution in [0.2, 0.25) is 0 Å². The molecule has 1 saturated carbocycles. The van der Waals surface area contributed by atoms with Crippen molar-refractivity contribution in [2.24, 2.45) is 17.4 Å². The van der Waals surface area contributed by atoms with Crippen LogP contribution in [0.25, 0.3) is 0 Å². The first kappa shape index (κ1) is 23.3. The van der Waals surface area contributed by atoms with E-state index in [9.17, 15) is 14.4 Å². The fourth-order valence-electron chi connectivity index (χ4n) is 4.67. The lowest BCUT2D eigenvalue weighted by molar-refractivity contribution is -0.155. The van der Waals surface area contributed by atoms with Gasteiger partial charge in [-0.3, -0.25) is 14.4 Å². The van der Waals surface area contributed by atoms with Crippen molar-refractivity contribution in [1.29, 1.82) is 0 Å². The fraction of sp³-hybridized carbons (Fsp3) is 0.625. The number of nitrogens with two attached hydrogens (primary N) is 2. The summed E-state index contributed by atoms with van der Waals surface area (Å²) in [7, 11) is 0. The topological polar surface area (TPSA) is 116 Å². The Hall–Kier alpha value is -2.41. The number of amides is 2. The number of carbonyl (C=O) groups excluding carboxylic acids is 3. The number of ether oxygens (including phenoxy) is 1. The molecule has 1 aliphatic carbocycles. The smallest absolute Gasteiger partial charge is 0.306 e. The molecule has 7 heteroatoms. The van der Waals surface area contributed by atoms with E-state index in [2.05, 4.69) is 6.07 Å². The maximum Gasteiger partial charge on any atom is 0.306 e. The molecule has 4 N–H and O–H groups in total. The lowest BCUT2D eigenvalue weighted by Gasteiger charge is -2.28. The van der Waals surface area contributed by atoms with Gasteiger partial charge in [0.25, 0.3) is 5.91 Å². The van der Waals surface area contributed by atoms with Gasteiger partial charge in [-0.15, -0.1) is 0 Å². The zero-order valence-corrected chi connectivity index (χ0v) is 18.9. The average molecular weight is 430 g/mol. The van der Waals surface area contributed by atoms with E-state index >= 15 is 0 Å². The van der Waals surface area contributed by atoms with Crippen molar-refractivity contribution >= 4 is 17.8 Å². The molecule has 7 nitrogen and oxygen atoms in total. The van der Waals surface area contributed by atoms with Crippen molar-refractivity contribution in [3.63, 3.8) is 0 Å². The third-order valence-corrected chi connectivity index (χ3v) is 6.21. The number of fused-ring (bicyclic) bond motifs is 1. The normalized spacial score (nSPS) is 22.2. The van der Waals surface area contributed by atoms with Gasteiger partial charge in [-0.1, -0.05) is 25.0 Å². The van der Waals surface area contributed by atoms with E-state index in [0.717, 1.165) is 24.8 Å². The highest BCUT2D eigenvalue weighted by Gasteiger charge is 2.36. The number of carbonyl (C=O) groups is 3. The summed E-state index contributed by atoms with van der Waals surface area (Å²) in [6, 6.07) is 5.27. The van der Waals surface area contributed by atoms with E-state index in [0.29, 0.717) is 18.0 Å². The number of rotatable bonds is 7. The standard InChI is InChI=1S/C24H35N3O4/c1-24(2,3)31-21(28)11-10-20(22(26)29)27-14-17-13-15(8-9-18(17)23(27)30)12-16-6-4-5-7-19(16)25/h8-9,13,16,19-20H,4-7,10-12,14,25H2,1-3H3,(H2,26,29)/t16-,19+,20+/m1/s1. The summed E-state index contributed by atoms with van der Waals surface area (Å²) >= 11 is 0. The fourth-order valence-corrected chi connectivity index (χ4v) is 4.67. The molecule has 170 valence electrons. The van der Waals surface area contributed by atoms with E-state index in [1.54, 1.807) is 20.8 Å². The molecule has 0 aromatic heterocycles. The second-order valence-corrected chi connectivity index (χ2v) is 9.88. The zero-order valence-electron chi connectivity index (χ0n) is 18.9. The van der Waals surface area contributed by atoms with Crippen LogP contribution in [0.4, 0.5) is 0 Å². The van der Waals surface area contributed by atoms with Gasteiger partial charge >= 0.3 is 5.97 Å². The van der Waals surface area contributed by atoms with Crippen LogP contribution in [-0.4, -0.2) is 40.4 Å². The van der Waals surface area contributed by atoms with Gasteiger partial charge in [-0.05, 0) is 69.6 Å². The number of hydrogen-bond acceptors (Lipinski definition) is 5. The van der Waals surface area contributed by atoms with E-state index < -0.39 is 23.5 Å². The molecule has 0 spiro atoms. The lowest BCUT2D eigenvalue weighted by atomic mass is 9.81. The van der Waals surface area contributed by atoms with Gasteiger partial charge in [0.1, 0.15) is 11.6 Å². The number of primary amides is 1. The number of nitrogens with zero attached hydrogens (tertiary/aromatic N) is 1. The average Bonchev–Trinajstić information content (AvgIpc) is 2.98. The summed E-state index contributed by atoms with van der Waals surface area (Å²) in [4.78, 5) is 38.6. The molecule has 1 heterocycles. The van der Waals surface area contributed by atoms with Crippen LogP contribution < -0.4 is 11.5 Å². The summed E-state index contributed by atoms with van der Waals surface area (Å²) in [6.07, 6.45) is 5.69. The molecule has 0 bridgehead atoms. The minimum absolute atomic E-state index is 0.0236. The van der Waals surface area contributed by atoms with Crippen molar-refractivity contribution in [3.8, 4) is 0 Å². The summed E-state index contributed by atoms with van der Waals surface area (Å²) in [5, 5.41) is 0. The monoisotopic (exact) mass is 429 g/mol. The highest BCUT2D eigenvalue weighted by atomic mass is 16.6. The van der Waals surface area contributed by atoms with E-state index in [4.69, 9.17) is 16.2 Å². The SMILES string of the molecule is CC(C)(C)OC(=O)CC[C@@H](C(N)=O)N1Cc2cc(C[C@H]3CCCC[C@@H]3N)ccc2C1=O. The Bertz CT molecular complexity index is 846. The summed E-state index contributed by atoms with van der Waals surface area (Å²) in [6.45, 7) is 5.68. The van der Waals surface area contributed by atoms with E-state index in [1.165, 1.54) is 23.3 Å². The molecule has 3 atom stereocenters. The molecule has 1 aromatic rings. The number of hydrogen-bond donors (Lipinski definition) is 2. The Labute approximate surface area is 184 Å². The van der Waals surface area contributed by atoms with Crippen LogP contribution in [-0.2, 0) is 27.3 Å². The minimum atomic E-state index is -0.845. The van der Waals surface area contributed by atoms with Gasteiger partial charge in [0, 0.05) is 24.6 Å². The Morgan fingerprint density at radius 1 is 1.23 bits per heavy atom. The van der Waals surface area contributed by atoms with Gasteiger partial charge in [-0.2, -0.15) is 0 Å². The maximum atomic E-state index is 13.0. The van der Waals surface area contributed by atoms with Gasteiger partial charge in [-0.25, -0.2) is 0 Å². The van der Waals surface area contributed by atoms with Crippen molar-refractivity contribution in [2.45, 2.75) is 89.9 Å². The Kier molecular flexibility index (Phi) is 7.04. The van der Waals surface area contributed by atoms with E-state index in [-0.39, 0.29) is 24.8 Å². The second kappa shape index (κ2) is 9.39. The Balaban J connectivity index is 1.67. The highest BCUT2D eigenvalue weighted by molar-refractivity contribution is 6.01. The minimum Gasteiger partial charge on any atom is -0.460 e.